The minimum absolute atomic E-state index is 0.475. The van der Waals surface area contributed by atoms with E-state index in [4.69, 9.17) is 0 Å². The molecule has 56 valence electrons. The van der Waals surface area contributed by atoms with Crippen LogP contribution < -0.4 is 4.90 Å². The van der Waals surface area contributed by atoms with Crippen molar-refractivity contribution < 1.29 is 9.69 Å². The van der Waals surface area contributed by atoms with Gasteiger partial charge >= 0.3 is 0 Å². The Kier molecular flexibility index (Phi) is 1.31. The molecule has 2 rings (SSSR count). The van der Waals surface area contributed by atoms with E-state index in [-0.39, 0.29) is 0 Å². The molecule has 0 aromatic carbocycles. The van der Waals surface area contributed by atoms with Crippen molar-refractivity contribution in [2.75, 3.05) is 13.1 Å². The summed E-state index contributed by atoms with van der Waals surface area (Å²) in [5, 5.41) is 0. The average molecular weight is 139 g/mol. The Morgan fingerprint density at radius 2 is 1.80 bits per heavy atom. The molecule has 2 atom stereocenters. The van der Waals surface area contributed by atoms with Gasteiger partial charge in [0.25, 0.3) is 0 Å². The Balaban J connectivity index is 2.06. The predicted molar refractivity (Wildman–Crippen MR) is 37.3 cm³/mol. The van der Waals surface area contributed by atoms with Gasteiger partial charge in [0.15, 0.2) is 0 Å². The number of likely N-dealkylation sites (tertiary alicyclic amines) is 1. The van der Waals surface area contributed by atoms with Crippen LogP contribution >= 0.6 is 0 Å². The second-order valence-corrected chi connectivity index (χ2v) is 3.63. The zero-order chi connectivity index (χ0) is 7.14. The smallest absolute Gasteiger partial charge is 0.133 e. The molecule has 10 heavy (non-hydrogen) atoms. The van der Waals surface area contributed by atoms with E-state index < -0.39 is 0 Å². The Morgan fingerprint density at radius 1 is 1.30 bits per heavy atom. The van der Waals surface area contributed by atoms with Crippen molar-refractivity contribution in [3.8, 4) is 0 Å². The molecule has 0 radical (unpaired) electrons. The molecule has 1 heterocycles. The number of fused-ring (bicyclic) bond motifs is 1. The van der Waals surface area contributed by atoms with Crippen LogP contribution in [0, 0.1) is 18.9 Å². The molecule has 1 aliphatic heterocycles. The van der Waals surface area contributed by atoms with Crippen LogP contribution in [-0.2, 0) is 4.79 Å². The van der Waals surface area contributed by atoms with Crippen LogP contribution in [0.5, 0.6) is 0 Å². The van der Waals surface area contributed by atoms with Crippen LogP contribution in [0.2, 0.25) is 0 Å². The number of nitrogens with one attached hydrogen (secondary N) is 1. The highest BCUT2D eigenvalue weighted by atomic mass is 16.1. The second-order valence-electron chi connectivity index (χ2n) is 3.63. The van der Waals surface area contributed by atoms with Gasteiger partial charge in [-0.3, -0.25) is 4.79 Å². The number of quaternary nitrogens is 1. The second kappa shape index (κ2) is 2.06. The van der Waals surface area contributed by atoms with Crippen LogP contribution in [0.25, 0.3) is 0 Å². The Bertz CT molecular complexity index is 151. The van der Waals surface area contributed by atoms with Gasteiger partial charge in [0.1, 0.15) is 5.78 Å². The molecule has 2 aliphatic rings. The Hall–Kier alpha value is -0.370. The van der Waals surface area contributed by atoms with E-state index >= 15 is 0 Å². The van der Waals surface area contributed by atoms with E-state index in [1.807, 2.05) is 0 Å². The Labute approximate surface area is 61.2 Å². The summed E-state index contributed by atoms with van der Waals surface area (Å²) in [6.45, 7) is 2.24. The molecule has 0 bridgehead atoms. The third-order valence-electron chi connectivity index (χ3n) is 2.75. The molecule has 0 aromatic rings. The quantitative estimate of drug-likeness (QED) is 0.439. The van der Waals surface area contributed by atoms with Gasteiger partial charge in [0, 0.05) is 24.7 Å². The van der Waals surface area contributed by atoms with Gasteiger partial charge in [0.2, 0.25) is 0 Å². The van der Waals surface area contributed by atoms with Crippen molar-refractivity contribution in [3.05, 3.63) is 7.05 Å². The summed E-state index contributed by atoms with van der Waals surface area (Å²) < 4.78 is 0. The van der Waals surface area contributed by atoms with E-state index in [2.05, 4.69) is 7.05 Å². The summed E-state index contributed by atoms with van der Waals surface area (Å²) in [5.74, 6) is 1.84. The number of ketones is 1. The van der Waals surface area contributed by atoms with Crippen LogP contribution in [0.1, 0.15) is 12.8 Å². The van der Waals surface area contributed by atoms with Crippen LogP contribution in [0.3, 0.4) is 0 Å². The number of rotatable bonds is 0. The highest BCUT2D eigenvalue weighted by molar-refractivity contribution is 5.81. The number of Topliss-reactive ketones (excluding diaryl/α,β-unsaturated/α-hetero) is 1. The molecular weight excluding hydrogens is 126 g/mol. The minimum atomic E-state index is 0.475. The summed E-state index contributed by atoms with van der Waals surface area (Å²) in [7, 11) is 3.95. The van der Waals surface area contributed by atoms with Crippen LogP contribution in [-0.4, -0.2) is 18.9 Å². The third-order valence-corrected chi connectivity index (χ3v) is 2.75. The minimum Gasteiger partial charge on any atom is -0.467 e. The van der Waals surface area contributed by atoms with E-state index in [1.165, 1.54) is 4.90 Å². The fourth-order valence-electron chi connectivity index (χ4n) is 2.30. The van der Waals surface area contributed by atoms with Gasteiger partial charge in [-0.1, -0.05) is 0 Å². The SMILES string of the molecule is [CH2-][NH+]1CC2CC(=O)CC2C1. The maximum absolute atomic E-state index is 10.9. The number of carbonyl (C=O) groups excluding carboxylic acids is 1. The van der Waals surface area contributed by atoms with Crippen molar-refractivity contribution in [1.29, 1.82) is 0 Å². The van der Waals surface area contributed by atoms with E-state index in [0.29, 0.717) is 17.6 Å². The van der Waals surface area contributed by atoms with E-state index in [9.17, 15) is 4.79 Å². The highest BCUT2D eigenvalue weighted by Crippen LogP contribution is 2.29. The molecule has 0 spiro atoms. The average Bonchev–Trinajstić information content (AvgIpc) is 2.21. The van der Waals surface area contributed by atoms with Crippen LogP contribution in [0.4, 0.5) is 0 Å². The van der Waals surface area contributed by atoms with Crippen molar-refractivity contribution >= 4 is 5.78 Å². The highest BCUT2D eigenvalue weighted by Gasteiger charge is 2.39. The number of hydrogen-bond donors (Lipinski definition) is 1. The molecule has 1 saturated carbocycles. The fourth-order valence-corrected chi connectivity index (χ4v) is 2.30. The van der Waals surface area contributed by atoms with Gasteiger partial charge in [-0.15, -0.1) is 0 Å². The topological polar surface area (TPSA) is 21.5 Å². The molecule has 1 saturated heterocycles. The van der Waals surface area contributed by atoms with Gasteiger partial charge in [-0.25, -0.2) is 0 Å². The van der Waals surface area contributed by atoms with Crippen LogP contribution in [0.15, 0.2) is 0 Å². The zero-order valence-corrected chi connectivity index (χ0v) is 6.10. The maximum atomic E-state index is 10.9. The lowest BCUT2D eigenvalue weighted by Gasteiger charge is -2.12. The largest absolute Gasteiger partial charge is 0.467 e. The lowest BCUT2D eigenvalue weighted by atomic mass is 10.0. The standard InChI is InChI=1S/C8H13NO/c1-9-4-6-2-8(10)3-7(6)5-9/h6-7,9H,1-5H2. The molecular formula is C8H13NO. The molecule has 0 amide bonds. The molecule has 2 fully saturated rings. The number of carbonyl (C=O) groups is 1. The summed E-state index contributed by atoms with van der Waals surface area (Å²) >= 11 is 0. The first kappa shape index (κ1) is 6.35. The molecule has 2 heteroatoms. The van der Waals surface area contributed by atoms with Gasteiger partial charge in [-0.2, -0.15) is 7.05 Å². The first-order chi connectivity index (χ1) is 4.75. The first-order valence-electron chi connectivity index (χ1n) is 3.94. The van der Waals surface area contributed by atoms with Gasteiger partial charge in [0.05, 0.1) is 13.1 Å². The summed E-state index contributed by atoms with van der Waals surface area (Å²) in [4.78, 5) is 12.3. The lowest BCUT2D eigenvalue weighted by Crippen LogP contribution is -3.05. The lowest BCUT2D eigenvalue weighted by molar-refractivity contribution is -0.843. The molecule has 1 N–H and O–H groups in total. The number of hydrogen-bond acceptors (Lipinski definition) is 1. The summed E-state index contributed by atoms with van der Waals surface area (Å²) in [6.07, 6.45) is 1.67. The van der Waals surface area contributed by atoms with E-state index in [0.717, 1.165) is 25.9 Å². The maximum Gasteiger partial charge on any atom is 0.133 e. The Morgan fingerprint density at radius 3 is 2.30 bits per heavy atom. The monoisotopic (exact) mass is 139 g/mol. The van der Waals surface area contributed by atoms with Gasteiger partial charge in [-0.05, 0) is 0 Å². The molecule has 0 aromatic heterocycles. The summed E-state index contributed by atoms with van der Waals surface area (Å²) in [6, 6.07) is 0. The van der Waals surface area contributed by atoms with E-state index in [1.54, 1.807) is 0 Å². The third kappa shape index (κ3) is 0.870. The van der Waals surface area contributed by atoms with Crippen molar-refractivity contribution in [2.24, 2.45) is 11.8 Å². The first-order valence-corrected chi connectivity index (χ1v) is 3.94. The summed E-state index contributed by atoms with van der Waals surface area (Å²) in [5.41, 5.74) is 0. The predicted octanol–water partition coefficient (Wildman–Crippen LogP) is -0.728. The molecule has 1 aliphatic carbocycles. The molecule has 2 nitrogen and oxygen atoms in total. The van der Waals surface area contributed by atoms with Gasteiger partial charge < -0.3 is 4.90 Å². The zero-order valence-electron chi connectivity index (χ0n) is 6.10. The van der Waals surface area contributed by atoms with Crippen molar-refractivity contribution in [2.45, 2.75) is 12.8 Å². The fraction of sp³-hybridized carbons (Fsp3) is 0.750. The molecule has 2 unspecified atom stereocenters. The normalized spacial score (nSPS) is 46.1. The van der Waals surface area contributed by atoms with Crippen molar-refractivity contribution in [3.63, 3.8) is 0 Å². The van der Waals surface area contributed by atoms with Crippen molar-refractivity contribution in [1.82, 2.24) is 0 Å².